The number of nitrogens with one attached hydrogen (secondary N) is 1. The minimum absolute atomic E-state index is 0.114. The van der Waals surface area contributed by atoms with E-state index in [2.05, 4.69) is 21.4 Å². The molecule has 0 aliphatic carbocycles. The number of nitrogens with zero attached hydrogens (tertiary/aromatic N) is 3. The summed E-state index contributed by atoms with van der Waals surface area (Å²) in [4.78, 5) is 7.83. The number of anilines is 1. The summed E-state index contributed by atoms with van der Waals surface area (Å²) in [5.41, 5.74) is 1.96. The van der Waals surface area contributed by atoms with Crippen molar-refractivity contribution in [1.82, 2.24) is 9.97 Å². The first-order valence-electron chi connectivity index (χ1n) is 6.41. The second-order valence-electron chi connectivity index (χ2n) is 4.44. The number of hydrogen-bond acceptors (Lipinski definition) is 4. The number of rotatable bonds is 4. The van der Waals surface area contributed by atoms with Gasteiger partial charge in [-0.1, -0.05) is 19.1 Å². The molecule has 1 aromatic heterocycles. The van der Waals surface area contributed by atoms with E-state index in [0.29, 0.717) is 17.7 Å². The van der Waals surface area contributed by atoms with Crippen LogP contribution in [0.15, 0.2) is 30.6 Å². The van der Waals surface area contributed by atoms with E-state index in [1.54, 1.807) is 12.1 Å². The van der Waals surface area contributed by atoms with Gasteiger partial charge in [-0.3, -0.25) is 0 Å². The van der Waals surface area contributed by atoms with E-state index in [1.165, 1.54) is 6.33 Å². The van der Waals surface area contributed by atoms with Gasteiger partial charge in [0.2, 0.25) is 0 Å². The van der Waals surface area contributed by atoms with Crippen LogP contribution >= 0.6 is 0 Å². The van der Waals surface area contributed by atoms with Crippen LogP contribution in [0.4, 0.5) is 10.2 Å². The van der Waals surface area contributed by atoms with Crippen molar-refractivity contribution in [1.29, 1.82) is 5.26 Å². The Morgan fingerprint density at radius 1 is 1.30 bits per heavy atom. The summed E-state index contributed by atoms with van der Waals surface area (Å²) in [6, 6.07) is 9.11. The van der Waals surface area contributed by atoms with Crippen LogP contribution < -0.4 is 5.32 Å². The topological polar surface area (TPSA) is 61.6 Å². The summed E-state index contributed by atoms with van der Waals surface area (Å²) in [6.07, 6.45) is 1.88. The lowest BCUT2D eigenvalue weighted by Gasteiger charge is -2.16. The molecule has 102 valence electrons. The van der Waals surface area contributed by atoms with E-state index in [4.69, 9.17) is 5.26 Å². The zero-order valence-electron chi connectivity index (χ0n) is 11.4. The predicted octanol–water partition coefficient (Wildman–Crippen LogP) is 3.22. The van der Waals surface area contributed by atoms with E-state index in [0.717, 1.165) is 5.56 Å². The third-order valence-electron chi connectivity index (χ3n) is 3.09. The van der Waals surface area contributed by atoms with Crippen LogP contribution in [0.5, 0.6) is 0 Å². The molecule has 0 saturated carbocycles. The smallest absolute Gasteiger partial charge is 0.186 e. The predicted molar refractivity (Wildman–Crippen MR) is 74.6 cm³/mol. The molecule has 2 aromatic rings. The van der Waals surface area contributed by atoms with Crippen LogP contribution in [0.2, 0.25) is 0 Å². The van der Waals surface area contributed by atoms with Gasteiger partial charge in [0.15, 0.2) is 11.6 Å². The van der Waals surface area contributed by atoms with Crippen LogP contribution in [-0.2, 0) is 6.42 Å². The zero-order chi connectivity index (χ0) is 14.5. The quantitative estimate of drug-likeness (QED) is 0.926. The summed E-state index contributed by atoms with van der Waals surface area (Å²) >= 11 is 0. The number of benzene rings is 1. The summed E-state index contributed by atoms with van der Waals surface area (Å²) in [5.74, 6) is -0.204. The lowest BCUT2D eigenvalue weighted by molar-refractivity contribution is 0.594. The molecule has 1 atom stereocenters. The number of aryl methyl sites for hydroxylation is 1. The number of halogens is 1. The van der Waals surface area contributed by atoms with Crippen molar-refractivity contribution in [2.75, 3.05) is 5.32 Å². The van der Waals surface area contributed by atoms with Gasteiger partial charge < -0.3 is 5.32 Å². The monoisotopic (exact) mass is 270 g/mol. The Morgan fingerprint density at radius 3 is 2.60 bits per heavy atom. The van der Waals surface area contributed by atoms with Gasteiger partial charge in [-0.05, 0) is 31.0 Å². The van der Waals surface area contributed by atoms with Gasteiger partial charge >= 0.3 is 0 Å². The van der Waals surface area contributed by atoms with Crippen LogP contribution in [0, 0.1) is 17.1 Å². The lowest BCUT2D eigenvalue weighted by atomic mass is 10.1. The fourth-order valence-corrected chi connectivity index (χ4v) is 1.89. The first kappa shape index (κ1) is 13.9. The maximum atomic E-state index is 14.0. The molecule has 1 heterocycles. The third-order valence-corrected chi connectivity index (χ3v) is 3.09. The van der Waals surface area contributed by atoms with E-state index in [-0.39, 0.29) is 11.9 Å². The van der Waals surface area contributed by atoms with Crippen LogP contribution in [-0.4, -0.2) is 9.97 Å². The highest BCUT2D eigenvalue weighted by atomic mass is 19.1. The Morgan fingerprint density at radius 2 is 2.00 bits per heavy atom. The summed E-state index contributed by atoms with van der Waals surface area (Å²) in [6.45, 7) is 3.76. The van der Waals surface area contributed by atoms with Gasteiger partial charge in [-0.25, -0.2) is 14.4 Å². The molecule has 0 amide bonds. The molecule has 2 rings (SSSR count). The molecular weight excluding hydrogens is 255 g/mol. The Hall–Kier alpha value is -2.48. The van der Waals surface area contributed by atoms with Crippen molar-refractivity contribution in [3.8, 4) is 6.07 Å². The standard InChI is InChI=1S/C15H15FN4/c1-3-13-14(16)15(19-9-18-13)20-10(2)12-6-4-11(8-17)5-7-12/h4-7,9-10H,3H2,1-2H3,(H,18,19,20). The minimum Gasteiger partial charge on any atom is -0.361 e. The highest BCUT2D eigenvalue weighted by Gasteiger charge is 2.13. The van der Waals surface area contributed by atoms with E-state index < -0.39 is 5.82 Å². The Labute approximate surface area is 117 Å². The summed E-state index contributed by atoms with van der Waals surface area (Å²) in [7, 11) is 0. The number of aromatic nitrogens is 2. The van der Waals surface area contributed by atoms with E-state index in [1.807, 2.05) is 26.0 Å². The van der Waals surface area contributed by atoms with Gasteiger partial charge in [0.25, 0.3) is 0 Å². The molecule has 0 spiro atoms. The fraction of sp³-hybridized carbons (Fsp3) is 0.267. The van der Waals surface area contributed by atoms with Gasteiger partial charge in [0.05, 0.1) is 23.4 Å². The minimum atomic E-state index is -0.407. The zero-order valence-corrected chi connectivity index (χ0v) is 11.4. The van der Waals surface area contributed by atoms with Crippen LogP contribution in [0.25, 0.3) is 0 Å². The third kappa shape index (κ3) is 2.91. The highest BCUT2D eigenvalue weighted by molar-refractivity contribution is 5.41. The largest absolute Gasteiger partial charge is 0.361 e. The van der Waals surface area contributed by atoms with Gasteiger partial charge in [-0.15, -0.1) is 0 Å². The van der Waals surface area contributed by atoms with Crippen molar-refractivity contribution in [2.45, 2.75) is 26.3 Å². The van der Waals surface area contributed by atoms with E-state index in [9.17, 15) is 4.39 Å². The molecule has 1 aromatic carbocycles. The van der Waals surface area contributed by atoms with Crippen molar-refractivity contribution in [3.05, 3.63) is 53.2 Å². The summed E-state index contributed by atoms with van der Waals surface area (Å²) in [5, 5.41) is 11.8. The normalized spacial score (nSPS) is 11.7. The van der Waals surface area contributed by atoms with Crippen molar-refractivity contribution >= 4 is 5.82 Å². The van der Waals surface area contributed by atoms with Crippen LogP contribution in [0.1, 0.15) is 36.7 Å². The molecule has 4 nitrogen and oxygen atoms in total. The van der Waals surface area contributed by atoms with Crippen LogP contribution in [0.3, 0.4) is 0 Å². The molecule has 0 aliphatic rings. The maximum absolute atomic E-state index is 14.0. The average Bonchev–Trinajstić information content (AvgIpc) is 2.49. The Balaban J connectivity index is 2.19. The van der Waals surface area contributed by atoms with Crippen molar-refractivity contribution in [2.24, 2.45) is 0 Å². The Kier molecular flexibility index (Phi) is 4.26. The molecule has 0 fully saturated rings. The second-order valence-corrected chi connectivity index (χ2v) is 4.44. The molecule has 20 heavy (non-hydrogen) atoms. The molecule has 1 N–H and O–H groups in total. The average molecular weight is 270 g/mol. The van der Waals surface area contributed by atoms with E-state index >= 15 is 0 Å². The molecule has 1 unspecified atom stereocenters. The number of hydrogen-bond donors (Lipinski definition) is 1. The first-order chi connectivity index (χ1) is 9.65. The molecular formula is C15H15FN4. The highest BCUT2D eigenvalue weighted by Crippen LogP contribution is 2.21. The molecule has 0 bridgehead atoms. The van der Waals surface area contributed by atoms with Gasteiger partial charge in [-0.2, -0.15) is 5.26 Å². The SMILES string of the molecule is CCc1ncnc(NC(C)c2ccc(C#N)cc2)c1F. The lowest BCUT2D eigenvalue weighted by Crippen LogP contribution is -2.11. The molecule has 5 heteroatoms. The molecule has 0 saturated heterocycles. The van der Waals surface area contributed by atoms with Gasteiger partial charge in [0, 0.05) is 0 Å². The van der Waals surface area contributed by atoms with Crippen molar-refractivity contribution in [3.63, 3.8) is 0 Å². The van der Waals surface area contributed by atoms with Gasteiger partial charge in [0.1, 0.15) is 6.33 Å². The second kappa shape index (κ2) is 6.11. The fourth-order valence-electron chi connectivity index (χ4n) is 1.89. The van der Waals surface area contributed by atoms with Crippen molar-refractivity contribution < 1.29 is 4.39 Å². The first-order valence-corrected chi connectivity index (χ1v) is 6.41. The molecule has 0 aliphatic heterocycles. The molecule has 0 radical (unpaired) electrons. The maximum Gasteiger partial charge on any atom is 0.186 e. The summed E-state index contributed by atoms with van der Waals surface area (Å²) < 4.78 is 14.0. The Bertz CT molecular complexity index is 631. The number of nitriles is 1.